The van der Waals surface area contributed by atoms with Gasteiger partial charge >= 0.3 is 0 Å². The normalized spacial score (nSPS) is 34.9. The molecule has 6 rings (SSSR count). The van der Waals surface area contributed by atoms with Gasteiger partial charge in [0, 0.05) is 25.2 Å². The summed E-state index contributed by atoms with van der Waals surface area (Å²) < 4.78 is 0. The Kier molecular flexibility index (Phi) is 7.67. The summed E-state index contributed by atoms with van der Waals surface area (Å²) >= 11 is 0. The summed E-state index contributed by atoms with van der Waals surface area (Å²) in [7, 11) is 2.16. The number of allylic oxidation sites excluding steroid dienone is 3. The summed E-state index contributed by atoms with van der Waals surface area (Å²) in [6, 6.07) is 9.75. The Morgan fingerprint density at radius 2 is 1.79 bits per heavy atom. The van der Waals surface area contributed by atoms with Crippen molar-refractivity contribution in [3.05, 3.63) is 65.8 Å². The fourth-order valence-electron chi connectivity index (χ4n) is 10.7. The Morgan fingerprint density at radius 1 is 1.03 bits per heavy atom. The molecule has 0 aromatic heterocycles. The maximum absolute atomic E-state index is 4.40. The Labute approximate surface area is 240 Å². The molecule has 6 unspecified atom stereocenters. The van der Waals surface area contributed by atoms with Crippen molar-refractivity contribution in [3.63, 3.8) is 0 Å². The zero-order valence-corrected chi connectivity index (χ0v) is 25.4. The molecule has 0 aliphatic heterocycles. The molecule has 1 heteroatoms. The van der Waals surface area contributed by atoms with Crippen LogP contribution in [-0.4, -0.2) is 18.5 Å². The minimum atomic E-state index is 0.486. The van der Waals surface area contributed by atoms with Crippen molar-refractivity contribution in [1.82, 2.24) is 4.90 Å². The summed E-state index contributed by atoms with van der Waals surface area (Å²) in [5.41, 5.74) is 9.13. The smallest absolute Gasteiger partial charge is 0.0364 e. The molecule has 0 saturated heterocycles. The zero-order valence-electron chi connectivity index (χ0n) is 25.4. The first-order valence-electron chi connectivity index (χ1n) is 16.7. The Balaban J connectivity index is 1.36. The molecule has 0 heterocycles. The van der Waals surface area contributed by atoms with E-state index in [2.05, 4.69) is 69.3 Å². The van der Waals surface area contributed by atoms with Gasteiger partial charge in [0.15, 0.2) is 0 Å². The van der Waals surface area contributed by atoms with Gasteiger partial charge < -0.3 is 4.90 Å². The lowest BCUT2D eigenvalue weighted by molar-refractivity contribution is 0.0482. The van der Waals surface area contributed by atoms with Crippen molar-refractivity contribution in [2.75, 3.05) is 13.6 Å². The fourth-order valence-corrected chi connectivity index (χ4v) is 10.7. The van der Waals surface area contributed by atoms with Crippen molar-refractivity contribution in [2.45, 2.75) is 116 Å². The summed E-state index contributed by atoms with van der Waals surface area (Å²) in [6.45, 7) is 14.3. The van der Waals surface area contributed by atoms with Crippen LogP contribution < -0.4 is 0 Å². The average molecular weight is 526 g/mol. The lowest BCUT2D eigenvalue weighted by atomic mass is 9.50. The maximum Gasteiger partial charge on any atom is 0.0364 e. The molecule has 5 aliphatic rings. The maximum atomic E-state index is 4.40. The highest BCUT2D eigenvalue weighted by molar-refractivity contribution is 5.62. The molecule has 1 spiro atoms. The molecule has 5 aliphatic carbocycles. The van der Waals surface area contributed by atoms with Gasteiger partial charge in [0.25, 0.3) is 0 Å². The number of nitrogens with zero attached hydrogens (tertiary/aromatic N) is 1. The predicted octanol–water partition coefficient (Wildman–Crippen LogP) is 10.6. The van der Waals surface area contributed by atoms with Crippen molar-refractivity contribution in [2.24, 2.45) is 34.5 Å². The van der Waals surface area contributed by atoms with Gasteiger partial charge in [-0.05, 0) is 136 Å². The van der Waals surface area contributed by atoms with Crippen LogP contribution in [0.25, 0.3) is 5.70 Å². The Bertz CT molecular complexity index is 1080. The molecule has 0 amide bonds. The second-order valence-corrected chi connectivity index (χ2v) is 14.7. The van der Waals surface area contributed by atoms with Crippen LogP contribution in [0, 0.1) is 34.5 Å². The first-order valence-corrected chi connectivity index (χ1v) is 16.7. The predicted molar refractivity (Wildman–Crippen MR) is 167 cm³/mol. The van der Waals surface area contributed by atoms with E-state index >= 15 is 0 Å². The van der Waals surface area contributed by atoms with Crippen molar-refractivity contribution >= 4 is 5.70 Å². The molecular weight excluding hydrogens is 470 g/mol. The van der Waals surface area contributed by atoms with E-state index in [9.17, 15) is 0 Å². The second-order valence-electron chi connectivity index (χ2n) is 14.7. The van der Waals surface area contributed by atoms with Gasteiger partial charge in [-0.3, -0.25) is 0 Å². The molecule has 4 fully saturated rings. The molecule has 6 atom stereocenters. The topological polar surface area (TPSA) is 3.24 Å². The average Bonchev–Trinajstić information content (AvgIpc) is 3.55. The summed E-state index contributed by atoms with van der Waals surface area (Å²) in [6.07, 6.45) is 23.7. The number of hydrogen-bond donors (Lipinski definition) is 0. The number of fused-ring (bicyclic) bond motifs is 4. The lowest BCUT2D eigenvalue weighted by Crippen LogP contribution is -2.44. The van der Waals surface area contributed by atoms with Crippen molar-refractivity contribution in [1.29, 1.82) is 0 Å². The highest BCUT2D eigenvalue weighted by Gasteiger charge is 2.57. The van der Waals surface area contributed by atoms with Gasteiger partial charge in [0.05, 0.1) is 0 Å². The quantitative estimate of drug-likeness (QED) is 0.241. The van der Waals surface area contributed by atoms with Crippen LogP contribution in [0.2, 0.25) is 0 Å². The van der Waals surface area contributed by atoms with Gasteiger partial charge in [-0.25, -0.2) is 0 Å². The van der Waals surface area contributed by atoms with E-state index in [0.29, 0.717) is 16.7 Å². The number of hydrogen-bond acceptors (Lipinski definition) is 1. The molecule has 212 valence electrons. The first kappa shape index (κ1) is 27.4. The SMILES string of the molecule is C=CCCCC1CCC2C3CCC4CC5(CCCC5)CCC4=C3C(c3ccc(C(=C)N(C)CC)cc3)CC12C. The lowest BCUT2D eigenvalue weighted by Gasteiger charge is -2.55. The standard InChI is InChI=1S/C38H55N/c1-6-8-9-12-31-18-20-35-33-19-17-30-25-38(22-10-11-23-38)24-21-32(30)36(33)34(26-37(31,35)4)29-15-13-28(14-16-29)27(3)39(5)7-2/h6,13-16,30-31,33-35H,1,3,7-12,17-26H2,2,4-5H3. The fraction of sp³-hybridized carbons (Fsp3) is 0.684. The highest BCUT2D eigenvalue weighted by Crippen LogP contribution is 2.67. The molecule has 0 bridgehead atoms. The first-order chi connectivity index (χ1) is 18.9. The van der Waals surface area contributed by atoms with E-state index in [1.54, 1.807) is 5.56 Å². The summed E-state index contributed by atoms with van der Waals surface area (Å²) in [5, 5.41) is 0. The molecule has 4 saturated carbocycles. The van der Waals surface area contributed by atoms with E-state index in [4.69, 9.17) is 0 Å². The van der Waals surface area contributed by atoms with Gasteiger partial charge in [0.2, 0.25) is 0 Å². The van der Waals surface area contributed by atoms with Crippen LogP contribution in [0.5, 0.6) is 0 Å². The third-order valence-electron chi connectivity index (χ3n) is 13.0. The van der Waals surface area contributed by atoms with Gasteiger partial charge in [-0.1, -0.05) is 67.8 Å². The molecule has 1 aromatic rings. The third-order valence-corrected chi connectivity index (χ3v) is 13.0. The van der Waals surface area contributed by atoms with Crippen LogP contribution in [0.15, 0.2) is 54.6 Å². The highest BCUT2D eigenvalue weighted by atomic mass is 15.1. The van der Waals surface area contributed by atoms with E-state index in [1.807, 2.05) is 11.1 Å². The molecule has 1 nitrogen and oxygen atoms in total. The van der Waals surface area contributed by atoms with E-state index < -0.39 is 0 Å². The van der Waals surface area contributed by atoms with E-state index in [0.717, 1.165) is 35.9 Å². The molecule has 0 radical (unpaired) electrons. The van der Waals surface area contributed by atoms with Crippen molar-refractivity contribution < 1.29 is 0 Å². The zero-order chi connectivity index (χ0) is 27.2. The Hall–Kier alpha value is -1.76. The van der Waals surface area contributed by atoms with Gasteiger partial charge in [-0.2, -0.15) is 0 Å². The van der Waals surface area contributed by atoms with E-state index in [-0.39, 0.29) is 0 Å². The molecule has 0 N–H and O–H groups in total. The van der Waals surface area contributed by atoms with Gasteiger partial charge in [0.1, 0.15) is 0 Å². The number of unbranched alkanes of at least 4 members (excludes halogenated alkanes) is 1. The minimum Gasteiger partial charge on any atom is -0.375 e. The number of rotatable bonds is 8. The second kappa shape index (κ2) is 10.9. The Morgan fingerprint density at radius 3 is 2.51 bits per heavy atom. The molecular formula is C38H55N. The summed E-state index contributed by atoms with van der Waals surface area (Å²) in [5.74, 6) is 4.14. The van der Waals surface area contributed by atoms with Crippen molar-refractivity contribution in [3.8, 4) is 0 Å². The van der Waals surface area contributed by atoms with Crippen LogP contribution in [0.3, 0.4) is 0 Å². The largest absolute Gasteiger partial charge is 0.375 e. The van der Waals surface area contributed by atoms with Crippen LogP contribution in [0.4, 0.5) is 0 Å². The monoisotopic (exact) mass is 525 g/mol. The van der Waals surface area contributed by atoms with Gasteiger partial charge in [-0.15, -0.1) is 6.58 Å². The number of benzene rings is 1. The molecule has 1 aromatic carbocycles. The van der Waals surface area contributed by atoms with Crippen LogP contribution in [-0.2, 0) is 0 Å². The van der Waals surface area contributed by atoms with E-state index in [1.165, 1.54) is 102 Å². The third kappa shape index (κ3) is 4.78. The molecule has 39 heavy (non-hydrogen) atoms. The van der Waals surface area contributed by atoms with Crippen LogP contribution >= 0.6 is 0 Å². The minimum absolute atomic E-state index is 0.486. The summed E-state index contributed by atoms with van der Waals surface area (Å²) in [4.78, 5) is 2.26. The van der Waals surface area contributed by atoms with Crippen LogP contribution in [0.1, 0.15) is 127 Å².